The standard InChI is InChI=1S/C18H23N5O/c1-12-3-2-4-17(21-12)22-15-7-9-23(10-8-19)16-6-5-13(18(20)24)11-14(15)16/h2-6,11,15H,7-10,19H2,1H3,(H2,20,24)(H,21,22). The highest BCUT2D eigenvalue weighted by molar-refractivity contribution is 5.93. The minimum Gasteiger partial charge on any atom is -0.370 e. The third-order valence-corrected chi connectivity index (χ3v) is 4.33. The third kappa shape index (κ3) is 3.33. The quantitative estimate of drug-likeness (QED) is 0.779. The largest absolute Gasteiger partial charge is 0.370 e. The summed E-state index contributed by atoms with van der Waals surface area (Å²) in [7, 11) is 0. The van der Waals surface area contributed by atoms with Crippen LogP contribution < -0.4 is 21.7 Å². The fourth-order valence-electron chi connectivity index (χ4n) is 3.18. The van der Waals surface area contributed by atoms with Crippen molar-refractivity contribution in [2.45, 2.75) is 19.4 Å². The van der Waals surface area contributed by atoms with Crippen molar-refractivity contribution in [2.24, 2.45) is 11.5 Å². The van der Waals surface area contributed by atoms with E-state index >= 15 is 0 Å². The van der Waals surface area contributed by atoms with Gasteiger partial charge in [0.25, 0.3) is 0 Å². The number of carbonyl (C=O) groups excluding carboxylic acids is 1. The van der Waals surface area contributed by atoms with Crippen LogP contribution >= 0.6 is 0 Å². The zero-order chi connectivity index (χ0) is 17.1. The van der Waals surface area contributed by atoms with E-state index in [1.165, 1.54) is 0 Å². The number of benzene rings is 1. The van der Waals surface area contributed by atoms with Gasteiger partial charge in [-0.25, -0.2) is 4.98 Å². The third-order valence-electron chi connectivity index (χ3n) is 4.33. The number of aromatic nitrogens is 1. The lowest BCUT2D eigenvalue weighted by Gasteiger charge is -2.36. The molecule has 1 aliphatic rings. The Morgan fingerprint density at radius 2 is 2.21 bits per heavy atom. The van der Waals surface area contributed by atoms with Crippen LogP contribution in [0.4, 0.5) is 11.5 Å². The zero-order valence-corrected chi connectivity index (χ0v) is 13.8. The number of pyridine rings is 1. The van der Waals surface area contributed by atoms with E-state index in [1.807, 2.05) is 37.3 Å². The molecule has 0 saturated carbocycles. The first-order valence-electron chi connectivity index (χ1n) is 8.17. The van der Waals surface area contributed by atoms with Crippen molar-refractivity contribution in [3.63, 3.8) is 0 Å². The van der Waals surface area contributed by atoms with Gasteiger partial charge in [-0.05, 0) is 49.2 Å². The minimum absolute atomic E-state index is 0.0858. The van der Waals surface area contributed by atoms with Crippen molar-refractivity contribution in [2.75, 3.05) is 29.9 Å². The van der Waals surface area contributed by atoms with Gasteiger partial charge in [0, 0.05) is 36.6 Å². The van der Waals surface area contributed by atoms with Crippen LogP contribution in [0, 0.1) is 6.92 Å². The van der Waals surface area contributed by atoms with E-state index in [0.29, 0.717) is 12.1 Å². The normalized spacial score (nSPS) is 16.6. The van der Waals surface area contributed by atoms with Gasteiger partial charge in [-0.1, -0.05) is 6.07 Å². The van der Waals surface area contributed by atoms with Gasteiger partial charge in [0.1, 0.15) is 5.82 Å². The molecule has 6 heteroatoms. The summed E-state index contributed by atoms with van der Waals surface area (Å²) in [4.78, 5) is 18.3. The molecule has 1 unspecified atom stereocenters. The molecule has 126 valence electrons. The summed E-state index contributed by atoms with van der Waals surface area (Å²) >= 11 is 0. The number of rotatable bonds is 5. The number of nitrogens with zero attached hydrogens (tertiary/aromatic N) is 2. The number of hydrogen-bond donors (Lipinski definition) is 3. The van der Waals surface area contributed by atoms with E-state index < -0.39 is 5.91 Å². The Kier molecular flexibility index (Phi) is 4.66. The second-order valence-corrected chi connectivity index (χ2v) is 6.06. The average Bonchev–Trinajstić information content (AvgIpc) is 2.57. The average molecular weight is 325 g/mol. The molecule has 1 amide bonds. The number of fused-ring (bicyclic) bond motifs is 1. The van der Waals surface area contributed by atoms with Crippen LogP contribution in [0.1, 0.15) is 34.1 Å². The zero-order valence-electron chi connectivity index (χ0n) is 13.8. The molecule has 2 heterocycles. The predicted molar refractivity (Wildman–Crippen MR) is 96.2 cm³/mol. The number of nitrogens with two attached hydrogens (primary N) is 2. The van der Waals surface area contributed by atoms with Crippen molar-refractivity contribution >= 4 is 17.4 Å². The molecule has 0 aliphatic carbocycles. The molecule has 6 nitrogen and oxygen atoms in total. The van der Waals surface area contributed by atoms with E-state index in [4.69, 9.17) is 11.5 Å². The monoisotopic (exact) mass is 325 g/mol. The van der Waals surface area contributed by atoms with Crippen LogP contribution in [-0.4, -0.2) is 30.5 Å². The molecule has 1 aromatic carbocycles. The Morgan fingerprint density at radius 3 is 2.92 bits per heavy atom. The number of primary amides is 1. The topological polar surface area (TPSA) is 97.3 Å². The molecule has 0 bridgehead atoms. The van der Waals surface area contributed by atoms with Crippen molar-refractivity contribution < 1.29 is 4.79 Å². The Bertz CT molecular complexity index is 746. The molecular formula is C18H23N5O. The Morgan fingerprint density at radius 1 is 1.38 bits per heavy atom. The fourth-order valence-corrected chi connectivity index (χ4v) is 3.18. The second-order valence-electron chi connectivity index (χ2n) is 6.06. The van der Waals surface area contributed by atoms with Crippen molar-refractivity contribution in [3.8, 4) is 0 Å². The molecule has 0 saturated heterocycles. The Labute approximate surface area is 141 Å². The van der Waals surface area contributed by atoms with Crippen molar-refractivity contribution in [1.82, 2.24) is 4.98 Å². The molecule has 1 atom stereocenters. The van der Waals surface area contributed by atoms with Gasteiger partial charge in [-0.15, -0.1) is 0 Å². The molecule has 0 fully saturated rings. The molecule has 2 aromatic rings. The van der Waals surface area contributed by atoms with Crippen LogP contribution in [0.25, 0.3) is 0 Å². The van der Waals surface area contributed by atoms with E-state index in [9.17, 15) is 4.79 Å². The van der Waals surface area contributed by atoms with Crippen LogP contribution in [-0.2, 0) is 0 Å². The minimum atomic E-state index is -0.416. The molecule has 0 radical (unpaired) electrons. The second kappa shape index (κ2) is 6.88. The van der Waals surface area contributed by atoms with Gasteiger partial charge in [0.05, 0.1) is 6.04 Å². The first-order valence-corrected chi connectivity index (χ1v) is 8.17. The summed E-state index contributed by atoms with van der Waals surface area (Å²) in [6.45, 7) is 4.25. The maximum absolute atomic E-state index is 11.6. The molecule has 3 rings (SSSR count). The maximum atomic E-state index is 11.6. The number of carbonyl (C=O) groups is 1. The Hall–Kier alpha value is -2.60. The van der Waals surface area contributed by atoms with Crippen molar-refractivity contribution in [3.05, 3.63) is 53.2 Å². The van der Waals surface area contributed by atoms with Gasteiger partial charge in [-0.2, -0.15) is 0 Å². The molecule has 24 heavy (non-hydrogen) atoms. The van der Waals surface area contributed by atoms with E-state index in [2.05, 4.69) is 15.2 Å². The summed E-state index contributed by atoms with van der Waals surface area (Å²) in [5, 5.41) is 3.49. The number of amides is 1. The van der Waals surface area contributed by atoms with Crippen LogP contribution in [0.2, 0.25) is 0 Å². The maximum Gasteiger partial charge on any atom is 0.248 e. The first-order chi connectivity index (χ1) is 11.6. The van der Waals surface area contributed by atoms with Gasteiger partial charge in [0.15, 0.2) is 0 Å². The molecule has 0 spiro atoms. The summed E-state index contributed by atoms with van der Waals surface area (Å²) in [5.41, 5.74) is 14.8. The van der Waals surface area contributed by atoms with Crippen LogP contribution in [0.3, 0.4) is 0 Å². The number of aryl methyl sites for hydroxylation is 1. The van der Waals surface area contributed by atoms with E-state index in [1.54, 1.807) is 6.07 Å². The summed E-state index contributed by atoms with van der Waals surface area (Å²) in [6.07, 6.45) is 0.908. The summed E-state index contributed by atoms with van der Waals surface area (Å²) in [5.74, 6) is 0.420. The lowest BCUT2D eigenvalue weighted by Crippen LogP contribution is -2.37. The summed E-state index contributed by atoms with van der Waals surface area (Å²) in [6, 6.07) is 11.6. The molecule has 1 aliphatic heterocycles. The fraction of sp³-hybridized carbons (Fsp3) is 0.333. The van der Waals surface area contributed by atoms with Gasteiger partial charge in [-0.3, -0.25) is 4.79 Å². The van der Waals surface area contributed by atoms with Crippen molar-refractivity contribution in [1.29, 1.82) is 0 Å². The van der Waals surface area contributed by atoms with Crippen LogP contribution in [0.15, 0.2) is 36.4 Å². The van der Waals surface area contributed by atoms with E-state index in [0.717, 1.165) is 42.3 Å². The van der Waals surface area contributed by atoms with Crippen LogP contribution in [0.5, 0.6) is 0 Å². The first kappa shape index (κ1) is 16.3. The molecule has 5 N–H and O–H groups in total. The lowest BCUT2D eigenvalue weighted by molar-refractivity contribution is 0.1000. The highest BCUT2D eigenvalue weighted by Crippen LogP contribution is 2.36. The highest BCUT2D eigenvalue weighted by atomic mass is 16.1. The smallest absolute Gasteiger partial charge is 0.248 e. The molecular weight excluding hydrogens is 302 g/mol. The SMILES string of the molecule is Cc1cccc(NC2CCN(CCN)c3ccc(C(N)=O)cc32)n1. The number of anilines is 2. The van der Waals surface area contributed by atoms with Gasteiger partial charge >= 0.3 is 0 Å². The summed E-state index contributed by atoms with van der Waals surface area (Å²) < 4.78 is 0. The van der Waals surface area contributed by atoms with Gasteiger partial charge in [0.2, 0.25) is 5.91 Å². The lowest BCUT2D eigenvalue weighted by atomic mass is 9.94. The molecule has 1 aromatic heterocycles. The predicted octanol–water partition coefficient (Wildman–Crippen LogP) is 1.81. The van der Waals surface area contributed by atoms with Gasteiger partial charge < -0.3 is 21.7 Å². The number of nitrogens with one attached hydrogen (secondary N) is 1. The van der Waals surface area contributed by atoms with E-state index in [-0.39, 0.29) is 6.04 Å². The number of hydrogen-bond acceptors (Lipinski definition) is 5. The Balaban J connectivity index is 1.95. The highest BCUT2D eigenvalue weighted by Gasteiger charge is 2.26.